The number of likely N-dealkylation sites (tertiary alicyclic amines) is 1. The molecule has 13 heteroatoms. The predicted octanol–water partition coefficient (Wildman–Crippen LogP) is 7.06. The van der Waals surface area contributed by atoms with Crippen LogP contribution in [0.3, 0.4) is 0 Å². The number of piperidine rings is 1. The fourth-order valence-corrected chi connectivity index (χ4v) is 8.79. The van der Waals surface area contributed by atoms with Gasteiger partial charge >= 0.3 is 12.3 Å². The maximum atomic E-state index is 13.3. The van der Waals surface area contributed by atoms with Crippen molar-refractivity contribution >= 4 is 46.0 Å². The number of hydrogen-bond donors (Lipinski definition) is 1. The molecular weight excluding hydrogens is 650 g/mol. The van der Waals surface area contributed by atoms with Gasteiger partial charge in [0, 0.05) is 47.6 Å². The van der Waals surface area contributed by atoms with Crippen LogP contribution in [0.25, 0.3) is 0 Å². The highest BCUT2D eigenvalue weighted by atomic mass is 35.5. The van der Waals surface area contributed by atoms with E-state index < -0.39 is 51.1 Å². The van der Waals surface area contributed by atoms with Crippen molar-refractivity contribution in [2.45, 2.75) is 74.1 Å². The molecule has 7 nitrogen and oxygen atoms in total. The molecule has 1 saturated heterocycles. The Kier molecular flexibility index (Phi) is 10.6. The molecule has 1 unspecified atom stereocenters. The molecule has 0 saturated carbocycles. The number of carbonyl (C=O) groups excluding carboxylic acids is 1. The molecule has 2 aliphatic heterocycles. The Morgan fingerprint density at radius 1 is 1.02 bits per heavy atom. The molecule has 2 aromatic rings. The van der Waals surface area contributed by atoms with E-state index in [1.165, 1.54) is 11.9 Å². The van der Waals surface area contributed by atoms with Crippen LogP contribution >= 0.6 is 23.2 Å². The van der Waals surface area contributed by atoms with Gasteiger partial charge in [-0.25, -0.2) is 4.79 Å². The number of nitrogens with zero attached hydrogens (tertiary/aromatic N) is 3. The van der Waals surface area contributed by atoms with Gasteiger partial charge in [-0.05, 0) is 88.5 Å². The van der Waals surface area contributed by atoms with Crippen LogP contribution in [0.15, 0.2) is 42.5 Å². The molecule has 0 bridgehead atoms. The molecule has 2 amide bonds. The van der Waals surface area contributed by atoms with Crippen molar-refractivity contribution in [2.24, 2.45) is 0 Å². The van der Waals surface area contributed by atoms with Crippen LogP contribution in [0.5, 0.6) is 0 Å². The highest BCUT2D eigenvalue weighted by molar-refractivity contribution is 7.85. The molecule has 2 heterocycles. The SMILES string of the molecule is CN(CC(CCN1CCC2(CC1)c1ccccc1C[S@]2=O)(CN(C(=O)O)C(C)(C)C)c1ccc(Cl)c(Cl)c1)C(=O)CC(F)(F)F. The van der Waals surface area contributed by atoms with E-state index in [9.17, 15) is 32.1 Å². The number of hydrogen-bond acceptors (Lipinski definition) is 4. The number of amides is 2. The zero-order valence-corrected chi connectivity index (χ0v) is 28.3. The summed E-state index contributed by atoms with van der Waals surface area (Å²) in [5, 5.41) is 10.7. The molecule has 45 heavy (non-hydrogen) atoms. The summed E-state index contributed by atoms with van der Waals surface area (Å²) in [6.07, 6.45) is -5.85. The normalized spacial score (nSPS) is 19.6. The number of fused-ring (bicyclic) bond motifs is 2. The van der Waals surface area contributed by atoms with Crippen LogP contribution in [0, 0.1) is 0 Å². The fourth-order valence-electron chi connectivity index (χ4n) is 6.60. The second-order valence-corrected chi connectivity index (χ2v) is 15.8. The number of likely N-dealkylation sites (N-methyl/N-ethyl adjacent to an activating group) is 1. The largest absolute Gasteiger partial charge is 0.465 e. The van der Waals surface area contributed by atoms with Gasteiger partial charge in [-0.3, -0.25) is 9.00 Å². The van der Waals surface area contributed by atoms with Gasteiger partial charge in [0.2, 0.25) is 5.91 Å². The van der Waals surface area contributed by atoms with Crippen molar-refractivity contribution in [3.8, 4) is 0 Å². The summed E-state index contributed by atoms with van der Waals surface area (Å²) in [6.45, 7) is 6.67. The zero-order chi connectivity index (χ0) is 33.4. The lowest BCUT2D eigenvalue weighted by molar-refractivity contribution is -0.161. The van der Waals surface area contributed by atoms with E-state index >= 15 is 0 Å². The maximum absolute atomic E-state index is 13.3. The van der Waals surface area contributed by atoms with Gasteiger partial charge < -0.3 is 19.8 Å². The summed E-state index contributed by atoms with van der Waals surface area (Å²) in [6, 6.07) is 12.9. The minimum absolute atomic E-state index is 0.109. The van der Waals surface area contributed by atoms with E-state index in [1.54, 1.807) is 39.0 Å². The number of halogens is 5. The maximum Gasteiger partial charge on any atom is 0.407 e. The minimum atomic E-state index is -4.70. The van der Waals surface area contributed by atoms with Gasteiger partial charge in [0.05, 0.1) is 14.8 Å². The van der Waals surface area contributed by atoms with Gasteiger partial charge in [-0.2, -0.15) is 13.2 Å². The predicted molar refractivity (Wildman–Crippen MR) is 171 cm³/mol. The molecule has 1 spiro atoms. The van der Waals surface area contributed by atoms with Crippen LogP contribution < -0.4 is 0 Å². The average Bonchev–Trinajstić information content (AvgIpc) is 3.21. The molecular formula is C32H40Cl2F3N3O4S. The summed E-state index contributed by atoms with van der Waals surface area (Å²) in [5.74, 6) is -0.584. The van der Waals surface area contributed by atoms with Gasteiger partial charge in [0.15, 0.2) is 0 Å². The summed E-state index contributed by atoms with van der Waals surface area (Å²) in [4.78, 5) is 29.8. The third-order valence-electron chi connectivity index (χ3n) is 9.15. The number of carboxylic acid groups (broad SMARTS) is 1. The van der Waals surface area contributed by atoms with Crippen LogP contribution in [-0.4, -0.2) is 87.5 Å². The highest BCUT2D eigenvalue weighted by Gasteiger charge is 2.48. The first-order chi connectivity index (χ1) is 20.9. The first-order valence-corrected chi connectivity index (χ1v) is 16.9. The second kappa shape index (κ2) is 13.4. The monoisotopic (exact) mass is 689 g/mol. The number of benzene rings is 2. The Balaban J connectivity index is 1.68. The summed E-state index contributed by atoms with van der Waals surface area (Å²) in [7, 11) is 0.264. The van der Waals surface area contributed by atoms with Crippen LogP contribution in [-0.2, 0) is 31.5 Å². The van der Waals surface area contributed by atoms with Crippen molar-refractivity contribution in [3.63, 3.8) is 0 Å². The van der Waals surface area contributed by atoms with Crippen LogP contribution in [0.1, 0.15) is 63.1 Å². The standard InChI is InChI=1S/C32H40Cl2F3N3O4S/c1-29(2,3)40(28(42)43)21-30(23-9-10-25(33)26(34)17-23,20-38(4)27(41)18-32(35,36)37)11-14-39-15-12-31(13-16-39)24-8-6-5-7-22(24)19-45(31)44/h5-10,17H,11-16,18-21H2,1-4H3,(H,42,43)/t30?,45-/m1/s1. The van der Waals surface area contributed by atoms with E-state index in [1.807, 2.05) is 18.2 Å². The molecule has 1 N–H and O–H groups in total. The Morgan fingerprint density at radius 2 is 1.67 bits per heavy atom. The van der Waals surface area contributed by atoms with E-state index in [2.05, 4.69) is 11.0 Å². The summed E-state index contributed by atoms with van der Waals surface area (Å²) >= 11 is 12.7. The lowest BCUT2D eigenvalue weighted by Crippen LogP contribution is -2.56. The Hall–Kier alpha value is -2.34. The number of alkyl halides is 3. The van der Waals surface area contributed by atoms with Gasteiger partial charge in [0.1, 0.15) is 6.42 Å². The van der Waals surface area contributed by atoms with Crippen molar-refractivity contribution in [1.82, 2.24) is 14.7 Å². The molecule has 2 aliphatic rings. The second-order valence-electron chi connectivity index (χ2n) is 13.2. The molecule has 248 valence electrons. The zero-order valence-electron chi connectivity index (χ0n) is 25.9. The Morgan fingerprint density at radius 3 is 2.24 bits per heavy atom. The molecule has 0 aliphatic carbocycles. The average molecular weight is 691 g/mol. The van der Waals surface area contributed by atoms with E-state index in [4.69, 9.17) is 23.2 Å². The fraction of sp³-hybridized carbons (Fsp3) is 0.562. The van der Waals surface area contributed by atoms with Crippen LogP contribution in [0.2, 0.25) is 10.0 Å². The third kappa shape index (κ3) is 7.97. The van der Waals surface area contributed by atoms with Crippen molar-refractivity contribution in [3.05, 3.63) is 69.2 Å². The third-order valence-corrected chi connectivity index (χ3v) is 12.0. The van der Waals surface area contributed by atoms with Gasteiger partial charge in [-0.15, -0.1) is 0 Å². The molecule has 0 radical (unpaired) electrons. The first-order valence-electron chi connectivity index (χ1n) is 14.8. The molecule has 1 fully saturated rings. The van der Waals surface area contributed by atoms with Gasteiger partial charge in [0.25, 0.3) is 0 Å². The van der Waals surface area contributed by atoms with E-state index in [0.29, 0.717) is 50.2 Å². The molecule has 0 aromatic heterocycles. The molecule has 4 rings (SSSR count). The minimum Gasteiger partial charge on any atom is -0.465 e. The molecule has 2 atom stereocenters. The quantitative estimate of drug-likeness (QED) is 0.305. The lowest BCUT2D eigenvalue weighted by Gasteiger charge is -2.46. The van der Waals surface area contributed by atoms with Crippen molar-refractivity contribution < 1.29 is 32.1 Å². The lowest BCUT2D eigenvalue weighted by atomic mass is 9.75. The molecule has 2 aromatic carbocycles. The summed E-state index contributed by atoms with van der Waals surface area (Å²) < 4.78 is 52.6. The Labute approximate surface area is 275 Å². The summed E-state index contributed by atoms with van der Waals surface area (Å²) in [5.41, 5.74) is 0.816. The smallest absolute Gasteiger partial charge is 0.407 e. The van der Waals surface area contributed by atoms with Gasteiger partial charge in [-0.1, -0.05) is 53.5 Å². The van der Waals surface area contributed by atoms with E-state index in [0.717, 1.165) is 16.0 Å². The van der Waals surface area contributed by atoms with Crippen molar-refractivity contribution in [1.29, 1.82) is 0 Å². The number of rotatable bonds is 9. The first kappa shape index (κ1) is 35.5. The van der Waals surface area contributed by atoms with Crippen molar-refractivity contribution in [2.75, 3.05) is 39.8 Å². The van der Waals surface area contributed by atoms with Crippen LogP contribution in [0.4, 0.5) is 18.0 Å². The van der Waals surface area contributed by atoms with E-state index in [-0.39, 0.29) is 23.1 Å². The Bertz CT molecular complexity index is 1440. The number of carbonyl (C=O) groups is 2. The topological polar surface area (TPSA) is 81.2 Å². The highest BCUT2D eigenvalue weighted by Crippen LogP contribution is 2.47.